The van der Waals surface area contributed by atoms with Gasteiger partial charge in [0, 0.05) is 12.1 Å². The van der Waals surface area contributed by atoms with E-state index in [1.807, 2.05) is 13.8 Å². The fourth-order valence-corrected chi connectivity index (χ4v) is 1.92. The lowest BCUT2D eigenvalue weighted by molar-refractivity contribution is -0.0806. The van der Waals surface area contributed by atoms with Crippen LogP contribution in [0.4, 0.5) is 0 Å². The van der Waals surface area contributed by atoms with Crippen LogP contribution in [0.2, 0.25) is 0 Å². The zero-order valence-corrected chi connectivity index (χ0v) is 16.3. The van der Waals surface area contributed by atoms with Gasteiger partial charge in [-0.25, -0.2) is 0 Å². The first-order chi connectivity index (χ1) is 11.4. The van der Waals surface area contributed by atoms with Crippen LogP contribution >= 0.6 is 0 Å². The Labute approximate surface area is 148 Å². The van der Waals surface area contributed by atoms with Crippen molar-refractivity contribution in [2.45, 2.75) is 84.3 Å². The lowest BCUT2D eigenvalue weighted by Gasteiger charge is -2.22. The van der Waals surface area contributed by atoms with Crippen molar-refractivity contribution in [2.75, 3.05) is 33.0 Å². The van der Waals surface area contributed by atoms with Gasteiger partial charge in [0.2, 0.25) is 0 Å². The molecule has 0 aliphatic carbocycles. The number of nitrogens with two attached hydrogens (primary N) is 2. The predicted octanol–water partition coefficient (Wildman–Crippen LogP) is 2.08. The summed E-state index contributed by atoms with van der Waals surface area (Å²) in [6.07, 6.45) is 2.94. The Bertz CT molecular complexity index is 280. The molecule has 0 amide bonds. The molecular formula is C18H40N2O4. The maximum atomic E-state index is 5.87. The average Bonchev–Trinajstić information content (AvgIpc) is 2.57. The van der Waals surface area contributed by atoms with Crippen LogP contribution in [0.3, 0.4) is 0 Å². The summed E-state index contributed by atoms with van der Waals surface area (Å²) in [6.45, 7) is 13.0. The summed E-state index contributed by atoms with van der Waals surface area (Å²) in [7, 11) is 0. The van der Waals surface area contributed by atoms with E-state index >= 15 is 0 Å². The molecule has 5 atom stereocenters. The molecule has 6 heteroatoms. The Balaban J connectivity index is 3.84. The Morgan fingerprint density at radius 3 is 1.79 bits per heavy atom. The molecule has 0 radical (unpaired) electrons. The lowest BCUT2D eigenvalue weighted by Crippen LogP contribution is -2.32. The third-order valence-corrected chi connectivity index (χ3v) is 3.80. The first-order valence-corrected chi connectivity index (χ1v) is 9.36. The summed E-state index contributed by atoms with van der Waals surface area (Å²) in [6, 6.07) is 0.148. The molecule has 24 heavy (non-hydrogen) atoms. The van der Waals surface area contributed by atoms with Gasteiger partial charge in [-0.15, -0.1) is 0 Å². The molecule has 0 fully saturated rings. The van der Waals surface area contributed by atoms with Crippen molar-refractivity contribution in [3.05, 3.63) is 0 Å². The third kappa shape index (κ3) is 13.1. The SMILES string of the molecule is CCC(N)COC(CC)COCC(C)OCC(CC)OCC(C)N. The molecule has 0 saturated heterocycles. The van der Waals surface area contributed by atoms with Gasteiger partial charge < -0.3 is 30.4 Å². The van der Waals surface area contributed by atoms with Crippen molar-refractivity contribution < 1.29 is 18.9 Å². The zero-order chi connectivity index (χ0) is 18.4. The summed E-state index contributed by atoms with van der Waals surface area (Å²) >= 11 is 0. The van der Waals surface area contributed by atoms with E-state index in [0.29, 0.717) is 33.0 Å². The molecule has 0 aromatic rings. The molecule has 0 heterocycles. The van der Waals surface area contributed by atoms with E-state index in [4.69, 9.17) is 30.4 Å². The van der Waals surface area contributed by atoms with Crippen molar-refractivity contribution in [3.8, 4) is 0 Å². The first kappa shape index (κ1) is 23.8. The van der Waals surface area contributed by atoms with Crippen LogP contribution in [-0.2, 0) is 18.9 Å². The fourth-order valence-electron chi connectivity index (χ4n) is 1.92. The van der Waals surface area contributed by atoms with E-state index in [-0.39, 0.29) is 30.4 Å². The van der Waals surface area contributed by atoms with Gasteiger partial charge in [0.05, 0.1) is 51.3 Å². The predicted molar refractivity (Wildman–Crippen MR) is 98.2 cm³/mol. The number of hydrogen-bond acceptors (Lipinski definition) is 6. The highest BCUT2D eigenvalue weighted by atomic mass is 16.6. The molecule has 0 aliphatic rings. The van der Waals surface area contributed by atoms with E-state index in [1.54, 1.807) is 0 Å². The normalized spacial score (nSPS) is 18.1. The van der Waals surface area contributed by atoms with Crippen LogP contribution in [0.25, 0.3) is 0 Å². The van der Waals surface area contributed by atoms with Crippen LogP contribution in [-0.4, -0.2) is 63.4 Å². The number of ether oxygens (including phenoxy) is 4. The average molecular weight is 349 g/mol. The highest BCUT2D eigenvalue weighted by molar-refractivity contribution is 4.62. The highest BCUT2D eigenvalue weighted by Gasteiger charge is 2.13. The standard InChI is InChI=1S/C18H40N2O4/c1-6-16(20)11-24-17(7-2)12-21-10-15(5)22-13-18(8-3)23-9-14(4)19/h14-18H,6-13,19-20H2,1-5H3. The monoisotopic (exact) mass is 348 g/mol. The maximum absolute atomic E-state index is 5.87. The van der Waals surface area contributed by atoms with Crippen LogP contribution in [0.1, 0.15) is 53.9 Å². The Morgan fingerprint density at radius 2 is 1.25 bits per heavy atom. The second kappa shape index (κ2) is 15.0. The first-order valence-electron chi connectivity index (χ1n) is 9.36. The van der Waals surface area contributed by atoms with Crippen LogP contribution in [0.5, 0.6) is 0 Å². The molecule has 0 bridgehead atoms. The molecule has 0 rings (SSSR count). The van der Waals surface area contributed by atoms with Gasteiger partial charge in [0.25, 0.3) is 0 Å². The van der Waals surface area contributed by atoms with E-state index < -0.39 is 0 Å². The number of hydrogen-bond donors (Lipinski definition) is 2. The van der Waals surface area contributed by atoms with Gasteiger partial charge in [-0.3, -0.25) is 0 Å². The van der Waals surface area contributed by atoms with Crippen LogP contribution in [0, 0.1) is 0 Å². The molecule has 0 saturated carbocycles. The largest absolute Gasteiger partial charge is 0.376 e. The quantitative estimate of drug-likeness (QED) is 0.444. The summed E-state index contributed by atoms with van der Waals surface area (Å²) < 4.78 is 23.0. The minimum atomic E-state index is 0.0216. The van der Waals surface area contributed by atoms with Gasteiger partial charge >= 0.3 is 0 Å². The third-order valence-electron chi connectivity index (χ3n) is 3.80. The summed E-state index contributed by atoms with van der Waals surface area (Å²) in [5.41, 5.74) is 11.6. The van der Waals surface area contributed by atoms with Crippen molar-refractivity contribution >= 4 is 0 Å². The smallest absolute Gasteiger partial charge is 0.0806 e. The second-order valence-electron chi connectivity index (χ2n) is 6.55. The molecule has 0 spiro atoms. The van der Waals surface area contributed by atoms with Crippen LogP contribution < -0.4 is 11.5 Å². The molecule has 5 unspecified atom stereocenters. The van der Waals surface area contributed by atoms with E-state index in [2.05, 4.69) is 20.8 Å². The topological polar surface area (TPSA) is 89.0 Å². The Hall–Kier alpha value is -0.240. The zero-order valence-electron chi connectivity index (χ0n) is 16.3. The lowest BCUT2D eigenvalue weighted by atomic mass is 10.2. The molecule has 146 valence electrons. The summed E-state index contributed by atoms with van der Waals surface area (Å²) in [4.78, 5) is 0. The molecule has 6 nitrogen and oxygen atoms in total. The fraction of sp³-hybridized carbons (Fsp3) is 1.00. The summed E-state index contributed by atoms with van der Waals surface area (Å²) in [5.74, 6) is 0. The van der Waals surface area contributed by atoms with Gasteiger partial charge in [-0.1, -0.05) is 20.8 Å². The highest BCUT2D eigenvalue weighted by Crippen LogP contribution is 2.05. The molecular weight excluding hydrogens is 308 g/mol. The van der Waals surface area contributed by atoms with Gasteiger partial charge in [0.1, 0.15) is 0 Å². The van der Waals surface area contributed by atoms with Crippen molar-refractivity contribution in [1.29, 1.82) is 0 Å². The van der Waals surface area contributed by atoms with Crippen molar-refractivity contribution in [3.63, 3.8) is 0 Å². The molecule has 4 N–H and O–H groups in total. The van der Waals surface area contributed by atoms with Gasteiger partial charge in [-0.2, -0.15) is 0 Å². The van der Waals surface area contributed by atoms with E-state index in [1.165, 1.54) is 0 Å². The second-order valence-corrected chi connectivity index (χ2v) is 6.55. The summed E-state index contributed by atoms with van der Waals surface area (Å²) in [5, 5.41) is 0. The minimum absolute atomic E-state index is 0.0216. The Kier molecular flexibility index (Phi) is 14.9. The van der Waals surface area contributed by atoms with Gasteiger partial charge in [-0.05, 0) is 33.1 Å². The van der Waals surface area contributed by atoms with E-state index in [0.717, 1.165) is 19.3 Å². The molecule has 0 aromatic carbocycles. The maximum Gasteiger partial charge on any atom is 0.0806 e. The van der Waals surface area contributed by atoms with Gasteiger partial charge in [0.15, 0.2) is 0 Å². The van der Waals surface area contributed by atoms with E-state index in [9.17, 15) is 0 Å². The molecule has 0 aromatic heterocycles. The Morgan fingerprint density at radius 1 is 0.667 bits per heavy atom. The number of rotatable bonds is 16. The van der Waals surface area contributed by atoms with Crippen molar-refractivity contribution in [2.24, 2.45) is 11.5 Å². The molecule has 0 aliphatic heterocycles. The minimum Gasteiger partial charge on any atom is -0.376 e. The van der Waals surface area contributed by atoms with Crippen molar-refractivity contribution in [1.82, 2.24) is 0 Å². The van der Waals surface area contributed by atoms with Crippen LogP contribution in [0.15, 0.2) is 0 Å².